The molecule has 1 aliphatic carbocycles. The molecule has 0 radical (unpaired) electrons. The van der Waals surface area contributed by atoms with Crippen LogP contribution in [0.5, 0.6) is 0 Å². The molecule has 0 spiro atoms. The van der Waals surface area contributed by atoms with E-state index in [0.717, 1.165) is 44.7 Å². The van der Waals surface area contributed by atoms with Gasteiger partial charge in [0.1, 0.15) is 0 Å². The highest BCUT2D eigenvalue weighted by molar-refractivity contribution is 5.76. The number of likely N-dealkylation sites (N-methyl/N-ethyl adjacent to an activating group) is 1. The molecule has 1 amide bonds. The molecule has 2 aliphatic rings. The maximum absolute atomic E-state index is 12.4. The third-order valence-electron chi connectivity index (χ3n) is 5.30. The van der Waals surface area contributed by atoms with Gasteiger partial charge in [0.25, 0.3) is 0 Å². The normalized spacial score (nSPS) is 23.7. The molecule has 2 rings (SSSR count). The van der Waals surface area contributed by atoms with Crippen LogP contribution in [0.1, 0.15) is 57.8 Å². The van der Waals surface area contributed by atoms with Crippen LogP contribution in [0.15, 0.2) is 0 Å². The maximum Gasteiger partial charge on any atom is 0.317 e. The number of nitrogens with zero attached hydrogens (tertiary/aromatic N) is 2. The lowest BCUT2D eigenvalue weighted by Crippen LogP contribution is -2.37. The Hall–Kier alpha value is -1.10. The van der Waals surface area contributed by atoms with Crippen LogP contribution in [0.4, 0.5) is 0 Å². The highest BCUT2D eigenvalue weighted by Gasteiger charge is 2.24. The van der Waals surface area contributed by atoms with E-state index in [4.69, 9.17) is 5.11 Å². The lowest BCUT2D eigenvalue weighted by atomic mass is 10.0. The first kappa shape index (κ1) is 17.3. The Morgan fingerprint density at radius 3 is 2.50 bits per heavy atom. The van der Waals surface area contributed by atoms with Crippen molar-refractivity contribution in [3.8, 4) is 0 Å². The Morgan fingerprint density at radius 2 is 1.82 bits per heavy atom. The van der Waals surface area contributed by atoms with E-state index in [2.05, 4.69) is 0 Å². The molecule has 1 saturated heterocycles. The highest BCUT2D eigenvalue weighted by Crippen LogP contribution is 2.29. The summed E-state index contributed by atoms with van der Waals surface area (Å²) < 4.78 is 0. The van der Waals surface area contributed by atoms with Crippen LogP contribution in [0.3, 0.4) is 0 Å². The third-order valence-corrected chi connectivity index (χ3v) is 5.30. The lowest BCUT2D eigenvalue weighted by Gasteiger charge is -2.25. The van der Waals surface area contributed by atoms with Gasteiger partial charge >= 0.3 is 5.97 Å². The second kappa shape index (κ2) is 8.51. The van der Waals surface area contributed by atoms with Crippen molar-refractivity contribution >= 4 is 11.9 Å². The summed E-state index contributed by atoms with van der Waals surface area (Å²) in [6.45, 7) is 1.69. The Kier molecular flexibility index (Phi) is 6.68. The van der Waals surface area contributed by atoms with E-state index in [1.54, 1.807) is 0 Å². The number of aliphatic carboxylic acids is 1. The second-order valence-corrected chi connectivity index (χ2v) is 6.96. The first-order chi connectivity index (χ1) is 10.6. The van der Waals surface area contributed by atoms with Crippen LogP contribution >= 0.6 is 0 Å². The van der Waals surface area contributed by atoms with Crippen LogP contribution in [-0.4, -0.2) is 59.5 Å². The summed E-state index contributed by atoms with van der Waals surface area (Å²) in [4.78, 5) is 27.1. The van der Waals surface area contributed by atoms with Gasteiger partial charge in [-0.2, -0.15) is 0 Å². The van der Waals surface area contributed by atoms with Crippen LogP contribution in [0.25, 0.3) is 0 Å². The van der Waals surface area contributed by atoms with Gasteiger partial charge in [-0.1, -0.05) is 25.7 Å². The zero-order chi connectivity index (χ0) is 15.9. The Bertz CT molecular complexity index is 380. The third kappa shape index (κ3) is 5.27. The van der Waals surface area contributed by atoms with Gasteiger partial charge in [-0.15, -0.1) is 0 Å². The number of carbonyl (C=O) groups excluding carboxylic acids is 1. The number of hydrogen-bond acceptors (Lipinski definition) is 3. The van der Waals surface area contributed by atoms with Crippen molar-refractivity contribution in [3.63, 3.8) is 0 Å². The molecule has 5 heteroatoms. The van der Waals surface area contributed by atoms with Crippen LogP contribution < -0.4 is 0 Å². The molecule has 1 aliphatic heterocycles. The van der Waals surface area contributed by atoms with Crippen molar-refractivity contribution < 1.29 is 14.7 Å². The number of amides is 1. The summed E-state index contributed by atoms with van der Waals surface area (Å²) in [5.41, 5.74) is 0. The van der Waals surface area contributed by atoms with Crippen molar-refractivity contribution in [1.82, 2.24) is 9.80 Å². The highest BCUT2D eigenvalue weighted by atomic mass is 16.4. The molecule has 126 valence electrons. The van der Waals surface area contributed by atoms with E-state index in [1.165, 1.54) is 25.7 Å². The van der Waals surface area contributed by atoms with Gasteiger partial charge in [0.05, 0.1) is 6.54 Å². The van der Waals surface area contributed by atoms with Crippen molar-refractivity contribution in [3.05, 3.63) is 0 Å². The number of carbonyl (C=O) groups is 2. The number of carboxylic acid groups (broad SMARTS) is 1. The molecule has 0 aromatic heterocycles. The fraction of sp³-hybridized carbons (Fsp3) is 0.882. The fourth-order valence-corrected chi connectivity index (χ4v) is 3.90. The van der Waals surface area contributed by atoms with Crippen molar-refractivity contribution in [2.24, 2.45) is 5.92 Å². The van der Waals surface area contributed by atoms with Gasteiger partial charge in [0.15, 0.2) is 0 Å². The molecule has 2 fully saturated rings. The minimum atomic E-state index is -0.781. The predicted molar refractivity (Wildman–Crippen MR) is 85.7 cm³/mol. The van der Waals surface area contributed by atoms with E-state index in [0.29, 0.717) is 12.3 Å². The van der Waals surface area contributed by atoms with Crippen LogP contribution in [0.2, 0.25) is 0 Å². The molecular weight excluding hydrogens is 280 g/mol. The summed E-state index contributed by atoms with van der Waals surface area (Å²) in [5.74, 6) is 0.287. The summed E-state index contributed by atoms with van der Waals surface area (Å²) in [5, 5.41) is 8.89. The largest absolute Gasteiger partial charge is 0.480 e. The van der Waals surface area contributed by atoms with Gasteiger partial charge in [-0.3, -0.25) is 14.5 Å². The average molecular weight is 310 g/mol. The second-order valence-electron chi connectivity index (χ2n) is 6.96. The van der Waals surface area contributed by atoms with E-state index in [1.807, 2.05) is 16.8 Å². The van der Waals surface area contributed by atoms with E-state index in [9.17, 15) is 9.59 Å². The maximum atomic E-state index is 12.4. The molecule has 1 N–H and O–H groups in total. The first-order valence-electron chi connectivity index (χ1n) is 8.76. The number of carboxylic acids is 1. The summed E-state index contributed by atoms with van der Waals surface area (Å²) in [7, 11) is 1.87. The van der Waals surface area contributed by atoms with E-state index in [-0.39, 0.29) is 12.6 Å². The van der Waals surface area contributed by atoms with Crippen molar-refractivity contribution in [2.45, 2.75) is 63.8 Å². The monoisotopic (exact) mass is 310 g/mol. The molecule has 0 aromatic carbocycles. The molecule has 0 bridgehead atoms. The number of rotatable bonds is 6. The predicted octanol–water partition coefficient (Wildman–Crippen LogP) is 2.35. The zero-order valence-corrected chi connectivity index (χ0v) is 13.8. The quantitative estimate of drug-likeness (QED) is 0.818. The molecular formula is C17H30N2O3. The SMILES string of the molecule is CN(CC(=O)O)C1CCCN(C(=O)CCC2CCCC2)CC1. The van der Waals surface area contributed by atoms with Crippen LogP contribution in [-0.2, 0) is 9.59 Å². The molecule has 1 heterocycles. The summed E-state index contributed by atoms with van der Waals surface area (Å²) in [6.07, 6.45) is 9.86. The minimum Gasteiger partial charge on any atom is -0.480 e. The van der Waals surface area contributed by atoms with Crippen molar-refractivity contribution in [1.29, 1.82) is 0 Å². The smallest absolute Gasteiger partial charge is 0.317 e. The van der Waals surface area contributed by atoms with Gasteiger partial charge in [0.2, 0.25) is 5.91 Å². The van der Waals surface area contributed by atoms with E-state index >= 15 is 0 Å². The standard InChI is InChI=1S/C17H30N2O3/c1-18(13-17(21)22)15-7-4-11-19(12-10-15)16(20)9-8-14-5-2-3-6-14/h14-15H,2-13H2,1H3,(H,21,22). The molecule has 22 heavy (non-hydrogen) atoms. The fourth-order valence-electron chi connectivity index (χ4n) is 3.90. The molecule has 1 saturated carbocycles. The Balaban J connectivity index is 1.74. The first-order valence-corrected chi connectivity index (χ1v) is 8.76. The number of hydrogen-bond donors (Lipinski definition) is 1. The van der Waals surface area contributed by atoms with Gasteiger partial charge in [-0.05, 0) is 38.6 Å². The van der Waals surface area contributed by atoms with E-state index < -0.39 is 5.97 Å². The summed E-state index contributed by atoms with van der Waals surface area (Å²) >= 11 is 0. The van der Waals surface area contributed by atoms with Crippen molar-refractivity contribution in [2.75, 3.05) is 26.7 Å². The number of likely N-dealkylation sites (tertiary alicyclic amines) is 1. The molecule has 1 atom stereocenters. The van der Waals surface area contributed by atoms with Gasteiger partial charge < -0.3 is 10.0 Å². The Labute approximate surface area is 133 Å². The lowest BCUT2D eigenvalue weighted by molar-refractivity contribution is -0.138. The zero-order valence-electron chi connectivity index (χ0n) is 13.8. The van der Waals surface area contributed by atoms with Crippen LogP contribution in [0, 0.1) is 5.92 Å². The minimum absolute atomic E-state index is 0.0836. The molecule has 1 unspecified atom stereocenters. The van der Waals surface area contributed by atoms with Gasteiger partial charge in [0, 0.05) is 25.6 Å². The topological polar surface area (TPSA) is 60.9 Å². The average Bonchev–Trinajstić information content (AvgIpc) is 2.86. The van der Waals surface area contributed by atoms with Gasteiger partial charge in [-0.25, -0.2) is 0 Å². The molecule has 5 nitrogen and oxygen atoms in total. The summed E-state index contributed by atoms with van der Waals surface area (Å²) in [6, 6.07) is 0.281. The molecule has 0 aromatic rings. The Morgan fingerprint density at radius 1 is 1.09 bits per heavy atom.